The molecular formula is C20H22BrClN4O. The van der Waals surface area contributed by atoms with Crippen LogP contribution in [0, 0.1) is 5.92 Å². The zero-order chi connectivity index (χ0) is 19.2. The van der Waals surface area contributed by atoms with E-state index in [1.807, 2.05) is 30.3 Å². The number of aliphatic hydroxyl groups excluding tert-OH is 1. The number of aromatic nitrogens is 3. The fourth-order valence-electron chi connectivity index (χ4n) is 3.00. The Kier molecular flexibility index (Phi) is 7.01. The molecule has 3 aromatic rings. The summed E-state index contributed by atoms with van der Waals surface area (Å²) in [7, 11) is 0. The molecule has 2 unspecified atom stereocenters. The molecule has 1 aromatic heterocycles. The molecule has 142 valence electrons. The third-order valence-electron chi connectivity index (χ3n) is 4.52. The second-order valence-corrected chi connectivity index (χ2v) is 7.88. The number of benzene rings is 2. The van der Waals surface area contributed by atoms with Gasteiger partial charge in [-0.1, -0.05) is 45.7 Å². The zero-order valence-electron chi connectivity index (χ0n) is 15.0. The summed E-state index contributed by atoms with van der Waals surface area (Å²) in [6.07, 6.45) is 3.95. The van der Waals surface area contributed by atoms with Crippen LogP contribution in [0.15, 0.2) is 59.6 Å². The van der Waals surface area contributed by atoms with Crippen molar-refractivity contribution in [2.24, 2.45) is 5.92 Å². The largest absolute Gasteiger partial charge is 0.396 e. The second-order valence-electron chi connectivity index (χ2n) is 6.56. The molecule has 0 amide bonds. The molecule has 0 aliphatic rings. The van der Waals surface area contributed by atoms with Gasteiger partial charge < -0.3 is 10.4 Å². The van der Waals surface area contributed by atoms with Crippen LogP contribution < -0.4 is 5.32 Å². The Hall–Kier alpha value is -1.73. The van der Waals surface area contributed by atoms with Gasteiger partial charge >= 0.3 is 0 Å². The molecular weight excluding hydrogens is 428 g/mol. The molecule has 2 N–H and O–H groups in total. The molecule has 27 heavy (non-hydrogen) atoms. The van der Waals surface area contributed by atoms with E-state index < -0.39 is 0 Å². The molecule has 7 heteroatoms. The van der Waals surface area contributed by atoms with Crippen molar-refractivity contribution in [2.75, 3.05) is 13.2 Å². The zero-order valence-corrected chi connectivity index (χ0v) is 17.4. The maximum Gasteiger partial charge on any atom is 0.138 e. The first-order chi connectivity index (χ1) is 13.1. The topological polar surface area (TPSA) is 63.0 Å². The van der Waals surface area contributed by atoms with Crippen LogP contribution in [0.4, 0.5) is 0 Å². The fourth-order valence-corrected chi connectivity index (χ4v) is 3.79. The second kappa shape index (κ2) is 9.46. The predicted molar refractivity (Wildman–Crippen MR) is 111 cm³/mol. The molecule has 1 heterocycles. The lowest BCUT2D eigenvalue weighted by Gasteiger charge is -2.21. The molecule has 0 saturated heterocycles. The minimum Gasteiger partial charge on any atom is -0.396 e. The molecule has 2 aromatic carbocycles. The lowest BCUT2D eigenvalue weighted by Crippen LogP contribution is -2.29. The van der Waals surface area contributed by atoms with Crippen molar-refractivity contribution >= 4 is 27.5 Å². The third kappa shape index (κ3) is 5.39. The van der Waals surface area contributed by atoms with Crippen molar-refractivity contribution in [3.8, 4) is 5.69 Å². The molecule has 0 spiro atoms. The number of aliphatic hydroxyl groups is 1. The van der Waals surface area contributed by atoms with Gasteiger partial charge in [-0.2, -0.15) is 5.10 Å². The Morgan fingerprint density at radius 3 is 2.78 bits per heavy atom. The van der Waals surface area contributed by atoms with Crippen LogP contribution in [-0.4, -0.2) is 33.0 Å². The van der Waals surface area contributed by atoms with E-state index >= 15 is 0 Å². The van der Waals surface area contributed by atoms with Crippen molar-refractivity contribution in [1.29, 1.82) is 0 Å². The first-order valence-corrected chi connectivity index (χ1v) is 9.97. The number of nitrogens with zero attached hydrogens (tertiary/aromatic N) is 3. The quantitative estimate of drug-likeness (QED) is 0.541. The van der Waals surface area contributed by atoms with Crippen molar-refractivity contribution in [2.45, 2.75) is 19.4 Å². The Morgan fingerprint density at radius 2 is 2.11 bits per heavy atom. The summed E-state index contributed by atoms with van der Waals surface area (Å²) in [6, 6.07) is 14.1. The molecule has 0 saturated carbocycles. The van der Waals surface area contributed by atoms with Gasteiger partial charge in [-0.05, 0) is 54.7 Å². The van der Waals surface area contributed by atoms with Gasteiger partial charge in [0.25, 0.3) is 0 Å². The van der Waals surface area contributed by atoms with Crippen LogP contribution in [0.2, 0.25) is 5.02 Å². The Bertz CT molecular complexity index is 872. The number of halogens is 2. The van der Waals surface area contributed by atoms with E-state index in [9.17, 15) is 5.11 Å². The summed E-state index contributed by atoms with van der Waals surface area (Å²) in [5, 5.41) is 18.0. The van der Waals surface area contributed by atoms with E-state index in [1.165, 1.54) is 11.9 Å². The molecule has 0 fully saturated rings. The maximum atomic E-state index is 9.74. The average Bonchev–Trinajstić information content (AvgIpc) is 3.19. The highest BCUT2D eigenvalue weighted by atomic mass is 79.9. The predicted octanol–water partition coefficient (Wildman–Crippen LogP) is 4.19. The average molecular weight is 450 g/mol. The van der Waals surface area contributed by atoms with Crippen LogP contribution in [0.5, 0.6) is 0 Å². The van der Waals surface area contributed by atoms with E-state index in [2.05, 4.69) is 50.4 Å². The van der Waals surface area contributed by atoms with Crippen molar-refractivity contribution in [3.63, 3.8) is 0 Å². The molecule has 3 rings (SSSR count). The monoisotopic (exact) mass is 448 g/mol. The molecule has 0 aliphatic carbocycles. The van der Waals surface area contributed by atoms with E-state index in [0.29, 0.717) is 11.6 Å². The maximum absolute atomic E-state index is 9.74. The van der Waals surface area contributed by atoms with Gasteiger partial charge in [-0.3, -0.25) is 0 Å². The standard InChI is InChI=1S/C20H22BrClN4O/c1-14(19-6-5-18(9-20(19)22)26-13-23-12-25-26)24-10-16(11-27)7-15-3-2-4-17(21)8-15/h2-6,8-9,12-14,16,24,27H,7,10-11H2,1H3. The highest BCUT2D eigenvalue weighted by molar-refractivity contribution is 9.10. The SMILES string of the molecule is CC(NCC(CO)Cc1cccc(Br)c1)c1ccc(-n2cncn2)cc1Cl. The van der Waals surface area contributed by atoms with Crippen molar-refractivity contribution < 1.29 is 5.11 Å². The lowest BCUT2D eigenvalue weighted by molar-refractivity contribution is 0.219. The van der Waals surface area contributed by atoms with Crippen LogP contribution in [0.1, 0.15) is 24.1 Å². The minimum absolute atomic E-state index is 0.0684. The van der Waals surface area contributed by atoms with Gasteiger partial charge in [0.1, 0.15) is 12.7 Å². The van der Waals surface area contributed by atoms with Crippen molar-refractivity contribution in [1.82, 2.24) is 20.1 Å². The van der Waals surface area contributed by atoms with Gasteiger partial charge in [-0.25, -0.2) is 9.67 Å². The summed E-state index contributed by atoms with van der Waals surface area (Å²) in [6.45, 7) is 2.90. The normalized spacial score (nSPS) is 13.5. The van der Waals surface area contributed by atoms with Crippen LogP contribution in [-0.2, 0) is 6.42 Å². The van der Waals surface area contributed by atoms with Crippen LogP contribution in [0.3, 0.4) is 0 Å². The summed E-state index contributed by atoms with van der Waals surface area (Å²) in [5.74, 6) is 0.134. The number of hydrogen-bond acceptors (Lipinski definition) is 4. The number of rotatable bonds is 8. The highest BCUT2D eigenvalue weighted by Gasteiger charge is 2.14. The summed E-state index contributed by atoms with van der Waals surface area (Å²) < 4.78 is 2.73. The summed E-state index contributed by atoms with van der Waals surface area (Å²) >= 11 is 9.97. The molecule has 0 bridgehead atoms. The first-order valence-electron chi connectivity index (χ1n) is 8.80. The first kappa shape index (κ1) is 20.0. The third-order valence-corrected chi connectivity index (χ3v) is 5.34. The fraction of sp³-hybridized carbons (Fsp3) is 0.300. The lowest BCUT2D eigenvalue weighted by atomic mass is 9.99. The molecule has 2 atom stereocenters. The van der Waals surface area contributed by atoms with E-state index in [-0.39, 0.29) is 18.6 Å². The van der Waals surface area contributed by atoms with Gasteiger partial charge in [0.15, 0.2) is 0 Å². The minimum atomic E-state index is 0.0684. The molecule has 5 nitrogen and oxygen atoms in total. The van der Waals surface area contributed by atoms with E-state index in [1.54, 1.807) is 11.0 Å². The van der Waals surface area contributed by atoms with Crippen LogP contribution in [0.25, 0.3) is 5.69 Å². The number of nitrogens with one attached hydrogen (secondary N) is 1. The van der Waals surface area contributed by atoms with E-state index in [0.717, 1.165) is 22.1 Å². The smallest absolute Gasteiger partial charge is 0.138 e. The van der Waals surface area contributed by atoms with Gasteiger partial charge in [0.05, 0.1) is 5.69 Å². The Balaban J connectivity index is 1.61. The van der Waals surface area contributed by atoms with Crippen molar-refractivity contribution in [3.05, 3.63) is 75.7 Å². The molecule has 0 aliphatic heterocycles. The van der Waals surface area contributed by atoms with Crippen LogP contribution >= 0.6 is 27.5 Å². The van der Waals surface area contributed by atoms with Gasteiger partial charge in [-0.15, -0.1) is 0 Å². The van der Waals surface area contributed by atoms with Gasteiger partial charge in [0.2, 0.25) is 0 Å². The summed E-state index contributed by atoms with van der Waals surface area (Å²) in [5.41, 5.74) is 3.09. The van der Waals surface area contributed by atoms with E-state index in [4.69, 9.17) is 11.6 Å². The Labute approximate surface area is 172 Å². The highest BCUT2D eigenvalue weighted by Crippen LogP contribution is 2.25. The molecule has 0 radical (unpaired) electrons. The summed E-state index contributed by atoms with van der Waals surface area (Å²) in [4.78, 5) is 3.95. The van der Waals surface area contributed by atoms with Gasteiger partial charge in [0, 0.05) is 28.7 Å². The number of hydrogen-bond donors (Lipinski definition) is 2. The Morgan fingerprint density at radius 1 is 1.26 bits per heavy atom.